The van der Waals surface area contributed by atoms with E-state index < -0.39 is 0 Å². The van der Waals surface area contributed by atoms with Crippen molar-refractivity contribution in [1.29, 1.82) is 0 Å². The minimum atomic E-state index is -0.0599. The summed E-state index contributed by atoms with van der Waals surface area (Å²) in [7, 11) is 0. The van der Waals surface area contributed by atoms with Gasteiger partial charge < -0.3 is 5.32 Å². The van der Waals surface area contributed by atoms with Gasteiger partial charge >= 0.3 is 0 Å². The molecule has 21 heavy (non-hydrogen) atoms. The second-order valence-corrected chi connectivity index (χ2v) is 6.57. The quantitative estimate of drug-likeness (QED) is 0.911. The summed E-state index contributed by atoms with van der Waals surface area (Å²) in [4.78, 5) is 2.52. The Balaban J connectivity index is 2.04. The van der Waals surface area contributed by atoms with Gasteiger partial charge in [-0.3, -0.25) is 4.90 Å². The zero-order valence-corrected chi connectivity index (χ0v) is 13.9. The number of nitrogens with zero attached hydrogens (tertiary/aromatic N) is 1. The molecule has 1 aliphatic rings. The van der Waals surface area contributed by atoms with Crippen LogP contribution >= 0.6 is 0 Å². The largest absolute Gasteiger partial charge is 0.311 e. The van der Waals surface area contributed by atoms with Crippen LogP contribution in [0.5, 0.6) is 0 Å². The van der Waals surface area contributed by atoms with E-state index in [1.165, 1.54) is 24.8 Å². The van der Waals surface area contributed by atoms with Gasteiger partial charge in [-0.1, -0.05) is 19.1 Å². The first-order valence-electron chi connectivity index (χ1n) is 8.23. The lowest BCUT2D eigenvalue weighted by Crippen LogP contribution is -2.43. The van der Waals surface area contributed by atoms with Gasteiger partial charge in [-0.25, -0.2) is 4.39 Å². The molecule has 1 saturated heterocycles. The summed E-state index contributed by atoms with van der Waals surface area (Å²) in [6, 6.07) is 5.20. The van der Waals surface area contributed by atoms with Crippen LogP contribution < -0.4 is 5.32 Å². The Kier molecular flexibility index (Phi) is 5.77. The van der Waals surface area contributed by atoms with Crippen LogP contribution in [-0.4, -0.2) is 30.1 Å². The Morgan fingerprint density at radius 3 is 2.43 bits per heavy atom. The highest BCUT2D eigenvalue weighted by Crippen LogP contribution is 2.18. The molecule has 3 heteroatoms. The molecule has 0 bridgehead atoms. The van der Waals surface area contributed by atoms with Crippen molar-refractivity contribution in [2.45, 2.75) is 65.6 Å². The van der Waals surface area contributed by atoms with E-state index in [2.05, 4.69) is 24.1 Å². The normalized spacial score (nSPS) is 24.6. The lowest BCUT2D eigenvalue weighted by Gasteiger charge is -2.32. The monoisotopic (exact) mass is 292 g/mol. The first-order valence-corrected chi connectivity index (χ1v) is 8.23. The zero-order valence-electron chi connectivity index (χ0n) is 13.9. The molecule has 1 aliphatic heterocycles. The molecule has 0 radical (unpaired) electrons. The van der Waals surface area contributed by atoms with Crippen molar-refractivity contribution < 1.29 is 4.39 Å². The molecule has 2 unspecified atom stereocenters. The molecular formula is C18H29FN2. The Labute approximate surface area is 128 Å². The topological polar surface area (TPSA) is 15.3 Å². The molecule has 2 nitrogen and oxygen atoms in total. The van der Waals surface area contributed by atoms with Gasteiger partial charge in [0.05, 0.1) is 0 Å². The summed E-state index contributed by atoms with van der Waals surface area (Å²) in [5.74, 6) is -0.0599. The maximum Gasteiger partial charge on any atom is 0.129 e. The maximum absolute atomic E-state index is 13.7. The first kappa shape index (κ1) is 16.4. The zero-order chi connectivity index (χ0) is 15.4. The fourth-order valence-electron chi connectivity index (χ4n) is 3.26. The Bertz CT molecular complexity index is 449. The highest BCUT2D eigenvalue weighted by atomic mass is 19.1. The summed E-state index contributed by atoms with van der Waals surface area (Å²) in [5, 5.41) is 3.70. The van der Waals surface area contributed by atoms with Gasteiger partial charge in [-0.05, 0) is 69.8 Å². The van der Waals surface area contributed by atoms with Crippen LogP contribution in [-0.2, 0) is 6.54 Å². The van der Waals surface area contributed by atoms with Crippen LogP contribution in [0.15, 0.2) is 12.1 Å². The number of hydrogen-bond donors (Lipinski definition) is 1. The third kappa shape index (κ3) is 4.52. The molecule has 0 amide bonds. The molecule has 0 saturated carbocycles. The van der Waals surface area contributed by atoms with E-state index in [4.69, 9.17) is 0 Å². The smallest absolute Gasteiger partial charge is 0.129 e. The fourth-order valence-corrected chi connectivity index (χ4v) is 3.26. The minimum Gasteiger partial charge on any atom is -0.311 e. The Morgan fingerprint density at radius 1 is 1.19 bits per heavy atom. The molecule has 1 aromatic carbocycles. The lowest BCUT2D eigenvalue weighted by molar-refractivity contribution is 0.206. The minimum absolute atomic E-state index is 0.0599. The van der Waals surface area contributed by atoms with Crippen molar-refractivity contribution in [3.63, 3.8) is 0 Å². The number of aryl methyl sites for hydroxylation is 2. The van der Waals surface area contributed by atoms with Crippen LogP contribution in [0.3, 0.4) is 0 Å². The fraction of sp³-hybridized carbons (Fsp3) is 0.667. The summed E-state index contributed by atoms with van der Waals surface area (Å²) in [5.41, 5.74) is 2.76. The molecule has 2 rings (SSSR count). The second-order valence-electron chi connectivity index (χ2n) is 6.57. The van der Waals surface area contributed by atoms with Crippen molar-refractivity contribution in [3.8, 4) is 0 Å². The summed E-state index contributed by atoms with van der Waals surface area (Å²) < 4.78 is 13.7. The van der Waals surface area contributed by atoms with Crippen molar-refractivity contribution in [3.05, 3.63) is 34.6 Å². The predicted octanol–water partition coefficient (Wildman–Crippen LogP) is 3.80. The number of hydrogen-bond acceptors (Lipinski definition) is 2. The van der Waals surface area contributed by atoms with Gasteiger partial charge in [0.25, 0.3) is 0 Å². The van der Waals surface area contributed by atoms with Gasteiger partial charge in [0.15, 0.2) is 0 Å². The van der Waals surface area contributed by atoms with Crippen molar-refractivity contribution in [2.75, 3.05) is 13.1 Å². The molecule has 1 aromatic rings. The summed E-state index contributed by atoms with van der Waals surface area (Å²) in [6.07, 6.45) is 3.56. The van der Waals surface area contributed by atoms with Crippen LogP contribution in [0.1, 0.15) is 49.8 Å². The van der Waals surface area contributed by atoms with Crippen LogP contribution in [0.2, 0.25) is 0 Å². The highest BCUT2D eigenvalue weighted by molar-refractivity contribution is 5.30. The van der Waals surface area contributed by atoms with Gasteiger partial charge in [-0.2, -0.15) is 0 Å². The van der Waals surface area contributed by atoms with Crippen molar-refractivity contribution in [1.82, 2.24) is 10.2 Å². The second kappa shape index (κ2) is 7.37. The van der Waals surface area contributed by atoms with E-state index in [9.17, 15) is 4.39 Å². The van der Waals surface area contributed by atoms with Crippen molar-refractivity contribution >= 4 is 0 Å². The van der Waals surface area contributed by atoms with E-state index in [1.54, 1.807) is 0 Å². The van der Waals surface area contributed by atoms with Crippen LogP contribution in [0, 0.1) is 19.7 Å². The molecule has 1 heterocycles. The van der Waals surface area contributed by atoms with Crippen molar-refractivity contribution in [2.24, 2.45) is 0 Å². The number of halogens is 1. The molecule has 2 atom stereocenters. The van der Waals surface area contributed by atoms with E-state index in [0.29, 0.717) is 12.1 Å². The SMILES string of the molecule is CCC1CCN(Cc2cc(C)c(F)c(C)c2)CCC(C)N1. The number of rotatable bonds is 3. The molecule has 0 aliphatic carbocycles. The van der Waals surface area contributed by atoms with Gasteiger partial charge in [0.1, 0.15) is 5.82 Å². The first-order chi connectivity index (χ1) is 9.99. The average Bonchev–Trinajstić information content (AvgIpc) is 2.43. The highest BCUT2D eigenvalue weighted by Gasteiger charge is 2.18. The van der Waals surface area contributed by atoms with Gasteiger partial charge in [0.2, 0.25) is 0 Å². The third-order valence-corrected chi connectivity index (χ3v) is 4.59. The average molecular weight is 292 g/mol. The molecule has 0 spiro atoms. The van der Waals surface area contributed by atoms with E-state index in [0.717, 1.165) is 30.8 Å². The summed E-state index contributed by atoms with van der Waals surface area (Å²) >= 11 is 0. The van der Waals surface area contributed by atoms with Crippen LogP contribution in [0.25, 0.3) is 0 Å². The van der Waals surface area contributed by atoms with Gasteiger partial charge in [0, 0.05) is 18.6 Å². The maximum atomic E-state index is 13.7. The number of nitrogens with one attached hydrogen (secondary N) is 1. The van der Waals surface area contributed by atoms with E-state index >= 15 is 0 Å². The molecular weight excluding hydrogens is 263 g/mol. The lowest BCUT2D eigenvalue weighted by atomic mass is 10.0. The molecule has 1 N–H and O–H groups in total. The van der Waals surface area contributed by atoms with Crippen LogP contribution in [0.4, 0.5) is 4.39 Å². The summed E-state index contributed by atoms with van der Waals surface area (Å²) in [6.45, 7) is 11.4. The Hall–Kier alpha value is -0.930. The molecule has 1 fully saturated rings. The molecule has 0 aromatic heterocycles. The van der Waals surface area contributed by atoms with E-state index in [-0.39, 0.29) is 5.82 Å². The Morgan fingerprint density at radius 2 is 1.81 bits per heavy atom. The van der Waals surface area contributed by atoms with Gasteiger partial charge in [-0.15, -0.1) is 0 Å². The standard InChI is InChI=1S/C18H29FN2/c1-5-17-7-9-21(8-6-15(4)20-17)12-16-10-13(2)18(19)14(3)11-16/h10-11,15,17,20H,5-9,12H2,1-4H3. The third-order valence-electron chi connectivity index (χ3n) is 4.59. The predicted molar refractivity (Wildman–Crippen MR) is 87.1 cm³/mol. The molecule has 118 valence electrons. The van der Waals surface area contributed by atoms with E-state index in [1.807, 2.05) is 26.0 Å². The number of benzene rings is 1.